The summed E-state index contributed by atoms with van der Waals surface area (Å²) in [5.74, 6) is -0.260. The van der Waals surface area contributed by atoms with E-state index in [1.165, 1.54) is 4.90 Å². The average molecular weight is 264 g/mol. The van der Waals surface area contributed by atoms with Crippen LogP contribution < -0.4 is 0 Å². The third-order valence-corrected chi connectivity index (χ3v) is 3.26. The first-order chi connectivity index (χ1) is 6.13. The summed E-state index contributed by atoms with van der Waals surface area (Å²) >= 11 is 4.92. The fraction of sp³-hybridized carbons (Fsp3) is 0.375. The van der Waals surface area contributed by atoms with Crippen molar-refractivity contribution in [2.24, 2.45) is 0 Å². The molecule has 0 fully saturated rings. The zero-order valence-electron chi connectivity index (χ0n) is 7.16. The molecule has 0 unspecified atom stereocenters. The van der Waals surface area contributed by atoms with Crippen LogP contribution >= 0.6 is 27.3 Å². The van der Waals surface area contributed by atoms with Gasteiger partial charge in [-0.15, -0.1) is 11.3 Å². The summed E-state index contributed by atoms with van der Waals surface area (Å²) in [6, 6.07) is 1.96. The van der Waals surface area contributed by atoms with Crippen molar-refractivity contribution in [3.8, 4) is 0 Å². The van der Waals surface area contributed by atoms with Gasteiger partial charge in [0.25, 0.3) is 0 Å². The van der Waals surface area contributed by atoms with Crippen LogP contribution in [-0.4, -0.2) is 29.6 Å². The highest BCUT2D eigenvalue weighted by atomic mass is 79.9. The monoisotopic (exact) mass is 263 g/mol. The number of nitrogens with zero attached hydrogens (tertiary/aromatic N) is 1. The minimum absolute atomic E-state index is 0.260. The maximum Gasteiger partial charge on any atom is 0.248 e. The molecule has 0 bridgehead atoms. The Bertz CT molecular complexity index is 300. The highest BCUT2D eigenvalue weighted by Crippen LogP contribution is 2.20. The van der Waals surface area contributed by atoms with Crippen molar-refractivity contribution in [3.63, 3.8) is 0 Å². The summed E-state index contributed by atoms with van der Waals surface area (Å²) in [6.45, 7) is 0.124. The highest BCUT2D eigenvalue weighted by Gasteiger charge is 2.08. The number of carbonyl (C=O) groups excluding carboxylic acids is 1. The lowest BCUT2D eigenvalue weighted by molar-refractivity contribution is -0.133. The van der Waals surface area contributed by atoms with E-state index in [2.05, 4.69) is 15.9 Å². The smallest absolute Gasteiger partial charge is 0.248 e. The molecule has 1 N–H and O–H groups in total. The third kappa shape index (κ3) is 3.10. The maximum absolute atomic E-state index is 11.0. The Hall–Kier alpha value is -0.390. The second-order valence-corrected chi connectivity index (χ2v) is 4.55. The van der Waals surface area contributed by atoms with Crippen molar-refractivity contribution in [1.29, 1.82) is 0 Å². The summed E-state index contributed by atoms with van der Waals surface area (Å²) in [7, 11) is 1.67. The van der Waals surface area contributed by atoms with Crippen LogP contribution in [0.25, 0.3) is 0 Å². The van der Waals surface area contributed by atoms with E-state index in [4.69, 9.17) is 5.11 Å². The van der Waals surface area contributed by atoms with Crippen molar-refractivity contribution in [2.45, 2.75) is 6.54 Å². The molecule has 1 amide bonds. The van der Waals surface area contributed by atoms with E-state index < -0.39 is 6.61 Å². The molecule has 0 aromatic carbocycles. The summed E-state index contributed by atoms with van der Waals surface area (Å²) in [4.78, 5) is 13.6. The molecule has 5 heteroatoms. The number of likely N-dealkylation sites (N-methyl/N-ethyl adjacent to an activating group) is 1. The Balaban J connectivity index is 2.54. The van der Waals surface area contributed by atoms with Gasteiger partial charge in [0.05, 0.1) is 6.54 Å². The second kappa shape index (κ2) is 4.74. The van der Waals surface area contributed by atoms with Crippen molar-refractivity contribution < 1.29 is 9.90 Å². The summed E-state index contributed by atoms with van der Waals surface area (Å²) in [6.07, 6.45) is 0. The molecule has 0 radical (unpaired) electrons. The summed E-state index contributed by atoms with van der Waals surface area (Å²) in [5.41, 5.74) is 0. The third-order valence-electron chi connectivity index (χ3n) is 1.58. The number of halogens is 1. The molecule has 1 heterocycles. The molecule has 0 aliphatic carbocycles. The number of aliphatic hydroxyl groups is 1. The highest BCUT2D eigenvalue weighted by molar-refractivity contribution is 9.10. The fourth-order valence-corrected chi connectivity index (χ4v) is 2.38. The molecule has 1 rings (SSSR count). The van der Waals surface area contributed by atoms with Gasteiger partial charge < -0.3 is 10.0 Å². The topological polar surface area (TPSA) is 40.5 Å². The molecular formula is C8H10BrNO2S. The number of thiophene rings is 1. The lowest BCUT2D eigenvalue weighted by Gasteiger charge is -2.13. The van der Waals surface area contributed by atoms with Crippen LogP contribution in [0.3, 0.4) is 0 Å². The van der Waals surface area contributed by atoms with Gasteiger partial charge in [0.1, 0.15) is 6.61 Å². The van der Waals surface area contributed by atoms with E-state index in [0.717, 1.165) is 9.35 Å². The second-order valence-electron chi connectivity index (χ2n) is 2.64. The molecule has 0 saturated carbocycles. The zero-order valence-corrected chi connectivity index (χ0v) is 9.56. The molecule has 1 aromatic rings. The predicted octanol–water partition coefficient (Wildman–Crippen LogP) is 1.46. The van der Waals surface area contributed by atoms with Crippen molar-refractivity contribution in [3.05, 3.63) is 20.8 Å². The average Bonchev–Trinajstić information content (AvgIpc) is 2.49. The van der Waals surface area contributed by atoms with Gasteiger partial charge in [-0.2, -0.15) is 0 Å². The SMILES string of the molecule is CN(Cc1cc(Br)cs1)C(=O)CO. The Labute approximate surface area is 89.1 Å². The van der Waals surface area contributed by atoms with Gasteiger partial charge in [0.15, 0.2) is 0 Å². The van der Waals surface area contributed by atoms with Gasteiger partial charge in [0, 0.05) is 21.8 Å². The van der Waals surface area contributed by atoms with Gasteiger partial charge in [-0.1, -0.05) is 0 Å². The standard InChI is InChI=1S/C8H10BrNO2S/c1-10(8(12)4-11)3-7-2-6(9)5-13-7/h2,5,11H,3-4H2,1H3. The van der Waals surface area contributed by atoms with Crippen LogP contribution in [0.2, 0.25) is 0 Å². The molecule has 0 saturated heterocycles. The van der Waals surface area contributed by atoms with E-state index in [-0.39, 0.29) is 5.91 Å². The first kappa shape index (κ1) is 10.7. The quantitative estimate of drug-likeness (QED) is 0.897. The largest absolute Gasteiger partial charge is 0.387 e. The summed E-state index contributed by atoms with van der Waals surface area (Å²) in [5, 5.41) is 10.6. The number of carbonyl (C=O) groups is 1. The van der Waals surface area contributed by atoms with Gasteiger partial charge in [-0.25, -0.2) is 0 Å². The van der Waals surface area contributed by atoms with Crippen molar-refractivity contribution >= 4 is 33.2 Å². The Morgan fingerprint density at radius 1 is 1.77 bits per heavy atom. The molecular weight excluding hydrogens is 254 g/mol. The molecule has 3 nitrogen and oxygen atoms in total. The predicted molar refractivity (Wildman–Crippen MR) is 55.6 cm³/mol. The fourth-order valence-electron chi connectivity index (χ4n) is 0.879. The normalized spacial score (nSPS) is 10.1. The van der Waals surface area contributed by atoms with Crippen molar-refractivity contribution in [1.82, 2.24) is 4.90 Å². The summed E-state index contributed by atoms with van der Waals surface area (Å²) < 4.78 is 1.03. The maximum atomic E-state index is 11.0. The number of aliphatic hydroxyl groups excluding tert-OH is 1. The van der Waals surface area contributed by atoms with E-state index in [9.17, 15) is 4.79 Å². The zero-order chi connectivity index (χ0) is 9.84. The first-order valence-corrected chi connectivity index (χ1v) is 5.38. The molecule has 0 aliphatic heterocycles. The van der Waals surface area contributed by atoms with Gasteiger partial charge in [-0.05, 0) is 22.0 Å². The molecule has 72 valence electrons. The number of hydrogen-bond acceptors (Lipinski definition) is 3. The van der Waals surface area contributed by atoms with Crippen LogP contribution in [0.5, 0.6) is 0 Å². The van der Waals surface area contributed by atoms with Gasteiger partial charge in [-0.3, -0.25) is 4.79 Å². The minimum Gasteiger partial charge on any atom is -0.387 e. The van der Waals surface area contributed by atoms with Crippen LogP contribution in [0, 0.1) is 0 Å². The lowest BCUT2D eigenvalue weighted by Crippen LogP contribution is -2.28. The van der Waals surface area contributed by atoms with Crippen molar-refractivity contribution in [2.75, 3.05) is 13.7 Å². The molecule has 1 aromatic heterocycles. The van der Waals surface area contributed by atoms with E-state index in [1.807, 2.05) is 11.4 Å². The van der Waals surface area contributed by atoms with Gasteiger partial charge >= 0.3 is 0 Å². The first-order valence-electron chi connectivity index (χ1n) is 3.71. The van der Waals surface area contributed by atoms with E-state index >= 15 is 0 Å². The Morgan fingerprint density at radius 3 is 2.92 bits per heavy atom. The molecule has 0 spiro atoms. The number of amides is 1. The lowest BCUT2D eigenvalue weighted by atomic mass is 10.4. The van der Waals surface area contributed by atoms with Crippen LogP contribution in [0.1, 0.15) is 4.88 Å². The van der Waals surface area contributed by atoms with E-state index in [0.29, 0.717) is 6.54 Å². The Morgan fingerprint density at radius 2 is 2.46 bits per heavy atom. The minimum atomic E-state index is -0.428. The molecule has 0 atom stereocenters. The van der Waals surface area contributed by atoms with Crippen LogP contribution in [0.15, 0.2) is 15.9 Å². The number of rotatable bonds is 3. The van der Waals surface area contributed by atoms with Crippen LogP contribution in [0.4, 0.5) is 0 Å². The number of hydrogen-bond donors (Lipinski definition) is 1. The Kier molecular flexibility index (Phi) is 3.90. The molecule has 13 heavy (non-hydrogen) atoms. The van der Waals surface area contributed by atoms with E-state index in [1.54, 1.807) is 18.4 Å². The van der Waals surface area contributed by atoms with Gasteiger partial charge in [0.2, 0.25) is 5.91 Å². The van der Waals surface area contributed by atoms with Crippen LogP contribution in [-0.2, 0) is 11.3 Å². The molecule has 0 aliphatic rings.